The van der Waals surface area contributed by atoms with E-state index in [1.807, 2.05) is 0 Å². The maximum Gasteiger partial charge on any atom is 0.326 e. The van der Waals surface area contributed by atoms with E-state index in [2.05, 4.69) is 0 Å². The minimum absolute atomic E-state index is 0.245. The van der Waals surface area contributed by atoms with Crippen molar-refractivity contribution in [1.82, 2.24) is 0 Å². The second kappa shape index (κ2) is 5.32. The zero-order valence-electron chi connectivity index (χ0n) is 10.2. The Morgan fingerprint density at radius 1 is 1.11 bits per heavy atom. The van der Waals surface area contributed by atoms with Crippen molar-refractivity contribution in [2.75, 3.05) is 0 Å². The Hall–Kier alpha value is -1.67. The predicted octanol–water partition coefficient (Wildman–Crippen LogP) is -0.929. The molecular formula is C10H18N2O6. The van der Waals surface area contributed by atoms with Gasteiger partial charge in [-0.1, -0.05) is 20.3 Å². The quantitative estimate of drug-likeness (QED) is 0.392. The molecule has 0 spiro atoms. The van der Waals surface area contributed by atoms with Crippen LogP contribution in [0.3, 0.4) is 0 Å². The lowest BCUT2D eigenvalue weighted by molar-refractivity contribution is -0.163. The number of hydrogen-bond donors (Lipinski definition) is 5. The fraction of sp³-hybridized carbons (Fsp3) is 0.700. The zero-order valence-corrected chi connectivity index (χ0v) is 10.2. The highest BCUT2D eigenvalue weighted by molar-refractivity contribution is 5.95. The molecule has 8 heteroatoms. The number of nitrogens with two attached hydrogens (primary N) is 2. The number of aliphatic carboxylic acids is 3. The van der Waals surface area contributed by atoms with E-state index in [4.69, 9.17) is 21.7 Å². The van der Waals surface area contributed by atoms with E-state index in [0.29, 0.717) is 0 Å². The van der Waals surface area contributed by atoms with Crippen LogP contribution in [0.5, 0.6) is 0 Å². The van der Waals surface area contributed by atoms with Gasteiger partial charge in [-0.25, -0.2) is 0 Å². The molecule has 0 amide bonds. The van der Waals surface area contributed by atoms with Crippen LogP contribution in [0.2, 0.25) is 0 Å². The Bertz CT molecular complexity index is 371. The van der Waals surface area contributed by atoms with Gasteiger partial charge in [-0.3, -0.25) is 14.4 Å². The first-order valence-electron chi connectivity index (χ1n) is 5.30. The Morgan fingerprint density at radius 2 is 1.56 bits per heavy atom. The third-order valence-corrected chi connectivity index (χ3v) is 3.29. The number of rotatable bonds is 7. The molecule has 0 heterocycles. The van der Waals surface area contributed by atoms with Gasteiger partial charge in [0.25, 0.3) is 0 Å². The zero-order chi connectivity index (χ0) is 14.7. The summed E-state index contributed by atoms with van der Waals surface area (Å²) < 4.78 is 0. The lowest BCUT2D eigenvalue weighted by Gasteiger charge is -2.42. The Morgan fingerprint density at radius 3 is 1.78 bits per heavy atom. The summed E-state index contributed by atoms with van der Waals surface area (Å²) >= 11 is 0. The Kier molecular flexibility index (Phi) is 4.82. The van der Waals surface area contributed by atoms with Crippen molar-refractivity contribution in [2.24, 2.45) is 17.4 Å². The van der Waals surface area contributed by atoms with E-state index in [0.717, 1.165) is 0 Å². The molecule has 0 saturated carbocycles. The Balaban J connectivity index is 5.87. The molecule has 0 aliphatic heterocycles. The third kappa shape index (κ3) is 2.44. The van der Waals surface area contributed by atoms with Crippen molar-refractivity contribution in [1.29, 1.82) is 0 Å². The van der Waals surface area contributed by atoms with Crippen LogP contribution in [-0.4, -0.2) is 44.3 Å². The number of carboxylic acids is 3. The molecule has 0 saturated heterocycles. The molecule has 0 bridgehead atoms. The van der Waals surface area contributed by atoms with Gasteiger partial charge in [0.2, 0.25) is 0 Å². The van der Waals surface area contributed by atoms with Crippen molar-refractivity contribution in [3.05, 3.63) is 0 Å². The van der Waals surface area contributed by atoms with Crippen molar-refractivity contribution >= 4 is 17.9 Å². The minimum Gasteiger partial charge on any atom is -0.481 e. The van der Waals surface area contributed by atoms with Gasteiger partial charge in [0.05, 0.1) is 6.42 Å². The number of carbonyl (C=O) groups is 3. The largest absolute Gasteiger partial charge is 0.481 e. The van der Waals surface area contributed by atoms with Crippen LogP contribution >= 0.6 is 0 Å². The molecule has 0 rings (SSSR count). The summed E-state index contributed by atoms with van der Waals surface area (Å²) in [5.74, 6) is -5.73. The molecule has 3 atom stereocenters. The van der Waals surface area contributed by atoms with E-state index in [1.54, 1.807) is 6.92 Å². The first kappa shape index (κ1) is 16.3. The fourth-order valence-electron chi connectivity index (χ4n) is 1.80. The van der Waals surface area contributed by atoms with Gasteiger partial charge < -0.3 is 26.8 Å². The molecule has 0 aliphatic carbocycles. The third-order valence-electron chi connectivity index (χ3n) is 3.29. The van der Waals surface area contributed by atoms with Crippen molar-refractivity contribution in [2.45, 2.75) is 37.8 Å². The van der Waals surface area contributed by atoms with Gasteiger partial charge in [0.1, 0.15) is 5.54 Å². The normalized spacial score (nSPS) is 19.3. The summed E-state index contributed by atoms with van der Waals surface area (Å²) in [6, 6.07) is 0. The average Bonchev–Trinajstić information content (AvgIpc) is 2.24. The first-order valence-corrected chi connectivity index (χ1v) is 5.30. The van der Waals surface area contributed by atoms with Gasteiger partial charge in [-0.05, 0) is 5.92 Å². The molecule has 104 valence electrons. The van der Waals surface area contributed by atoms with Crippen LogP contribution in [0.1, 0.15) is 26.7 Å². The van der Waals surface area contributed by atoms with Crippen LogP contribution in [-0.2, 0) is 14.4 Å². The van der Waals surface area contributed by atoms with E-state index in [9.17, 15) is 19.5 Å². The lowest BCUT2D eigenvalue weighted by Crippen LogP contribution is -2.76. The van der Waals surface area contributed by atoms with Crippen LogP contribution < -0.4 is 11.5 Å². The summed E-state index contributed by atoms with van der Waals surface area (Å²) in [7, 11) is 0. The first-order chi connectivity index (χ1) is 8.03. The van der Waals surface area contributed by atoms with E-state index in [-0.39, 0.29) is 6.42 Å². The molecule has 8 nitrogen and oxygen atoms in total. The van der Waals surface area contributed by atoms with Crippen LogP contribution in [0.15, 0.2) is 0 Å². The smallest absolute Gasteiger partial charge is 0.326 e. The highest BCUT2D eigenvalue weighted by Crippen LogP contribution is 2.31. The molecule has 0 fully saturated rings. The van der Waals surface area contributed by atoms with Gasteiger partial charge in [-0.15, -0.1) is 0 Å². The molecule has 0 aromatic rings. The number of hydrogen-bond acceptors (Lipinski definition) is 5. The molecule has 0 aromatic heterocycles. The fourth-order valence-corrected chi connectivity index (χ4v) is 1.80. The topological polar surface area (TPSA) is 164 Å². The van der Waals surface area contributed by atoms with E-state index >= 15 is 0 Å². The van der Waals surface area contributed by atoms with Crippen LogP contribution in [0.25, 0.3) is 0 Å². The monoisotopic (exact) mass is 262 g/mol. The summed E-state index contributed by atoms with van der Waals surface area (Å²) in [5.41, 5.74) is 6.21. The summed E-state index contributed by atoms with van der Waals surface area (Å²) in [4.78, 5) is 33.2. The summed E-state index contributed by atoms with van der Waals surface area (Å²) in [6.07, 6.45) is -0.829. The highest BCUT2D eigenvalue weighted by atomic mass is 16.4. The summed E-state index contributed by atoms with van der Waals surface area (Å²) in [6.45, 7) is 3.03. The average molecular weight is 262 g/mol. The van der Waals surface area contributed by atoms with Gasteiger partial charge >= 0.3 is 17.9 Å². The molecule has 18 heavy (non-hydrogen) atoms. The SMILES string of the molecule is CCC(C)C(N)(C(=O)O)C(N)(CC(=O)O)C(=O)O. The maximum atomic E-state index is 11.3. The number of carboxylic acid groups (broad SMARTS) is 3. The molecular weight excluding hydrogens is 244 g/mol. The molecule has 7 N–H and O–H groups in total. The van der Waals surface area contributed by atoms with Crippen molar-refractivity contribution in [3.8, 4) is 0 Å². The molecule has 0 aliphatic rings. The van der Waals surface area contributed by atoms with Gasteiger partial charge in [0.15, 0.2) is 5.54 Å². The van der Waals surface area contributed by atoms with Crippen LogP contribution in [0, 0.1) is 5.92 Å². The van der Waals surface area contributed by atoms with Gasteiger partial charge in [-0.2, -0.15) is 0 Å². The molecule has 0 aromatic carbocycles. The van der Waals surface area contributed by atoms with Gasteiger partial charge in [0, 0.05) is 0 Å². The molecule has 0 radical (unpaired) electrons. The van der Waals surface area contributed by atoms with Crippen LogP contribution in [0.4, 0.5) is 0 Å². The van der Waals surface area contributed by atoms with E-state index in [1.165, 1.54) is 6.92 Å². The standard InChI is InChI=1S/C10H18N2O6/c1-3-5(2)10(12,8(17)18)9(11,7(15)16)4-6(13)14/h5H,3-4,11-12H2,1-2H3,(H,13,14)(H,15,16)(H,17,18). The van der Waals surface area contributed by atoms with Crippen molar-refractivity contribution < 1.29 is 29.7 Å². The van der Waals surface area contributed by atoms with Crippen molar-refractivity contribution in [3.63, 3.8) is 0 Å². The molecule has 3 unspecified atom stereocenters. The second-order valence-corrected chi connectivity index (χ2v) is 4.33. The maximum absolute atomic E-state index is 11.3. The Labute approximate surface area is 104 Å². The minimum atomic E-state index is -2.58. The predicted molar refractivity (Wildman–Crippen MR) is 60.8 cm³/mol. The van der Waals surface area contributed by atoms with E-state index < -0.39 is 41.3 Å². The highest BCUT2D eigenvalue weighted by Gasteiger charge is 2.60. The second-order valence-electron chi connectivity index (χ2n) is 4.33. The lowest BCUT2D eigenvalue weighted by atomic mass is 9.67. The summed E-state index contributed by atoms with van der Waals surface area (Å²) in [5, 5.41) is 27.0.